The largest absolute Gasteiger partial charge is 0.495 e. The van der Waals surface area contributed by atoms with E-state index in [-0.39, 0.29) is 11.6 Å². The zero-order valence-electron chi connectivity index (χ0n) is 18.3. The molecule has 5 nitrogen and oxygen atoms in total. The van der Waals surface area contributed by atoms with Crippen LogP contribution in [0.4, 0.5) is 11.4 Å². The highest BCUT2D eigenvalue weighted by Crippen LogP contribution is 2.36. The predicted octanol–water partition coefficient (Wildman–Crippen LogP) is 5.67. The van der Waals surface area contributed by atoms with E-state index in [0.29, 0.717) is 33.3 Å². The third-order valence-electron chi connectivity index (χ3n) is 5.45. The molecule has 4 rings (SSSR count). The Kier molecular flexibility index (Phi) is 5.76. The monoisotopic (exact) mass is 446 g/mol. The molecule has 0 aromatic heterocycles. The molecule has 0 saturated carbocycles. The van der Waals surface area contributed by atoms with Crippen LogP contribution >= 0.6 is 11.6 Å². The van der Waals surface area contributed by atoms with Gasteiger partial charge < -0.3 is 10.1 Å². The Bertz CT molecular complexity index is 1260. The predicted molar refractivity (Wildman–Crippen MR) is 128 cm³/mol. The number of nitrogens with zero attached hydrogens (tertiary/aromatic N) is 1. The first-order valence-corrected chi connectivity index (χ1v) is 10.6. The third kappa shape index (κ3) is 3.87. The minimum absolute atomic E-state index is 0.212. The fraction of sp³-hybridized carbons (Fsp3) is 0.154. The molecule has 0 saturated heterocycles. The second-order valence-corrected chi connectivity index (χ2v) is 8.23. The van der Waals surface area contributed by atoms with Crippen LogP contribution in [0.5, 0.6) is 5.75 Å². The van der Waals surface area contributed by atoms with Crippen molar-refractivity contribution in [3.05, 3.63) is 93.6 Å². The highest BCUT2D eigenvalue weighted by Gasteiger charge is 2.40. The molecule has 3 aromatic carbocycles. The minimum Gasteiger partial charge on any atom is -0.495 e. The molecule has 0 radical (unpaired) electrons. The Morgan fingerprint density at radius 2 is 1.53 bits per heavy atom. The van der Waals surface area contributed by atoms with Gasteiger partial charge in [0, 0.05) is 5.69 Å². The van der Waals surface area contributed by atoms with Crippen LogP contribution in [0.2, 0.25) is 5.02 Å². The van der Waals surface area contributed by atoms with Crippen LogP contribution in [-0.4, -0.2) is 18.9 Å². The second-order valence-electron chi connectivity index (χ2n) is 7.82. The van der Waals surface area contributed by atoms with Crippen molar-refractivity contribution in [2.75, 3.05) is 17.3 Å². The molecule has 32 heavy (non-hydrogen) atoms. The van der Waals surface area contributed by atoms with Gasteiger partial charge in [0.15, 0.2) is 0 Å². The molecule has 1 aliphatic heterocycles. The topological polar surface area (TPSA) is 58.6 Å². The first-order valence-electron chi connectivity index (χ1n) is 10.2. The summed E-state index contributed by atoms with van der Waals surface area (Å²) < 4.78 is 5.21. The van der Waals surface area contributed by atoms with E-state index in [0.717, 1.165) is 16.7 Å². The van der Waals surface area contributed by atoms with Gasteiger partial charge in [0.2, 0.25) is 0 Å². The number of nitrogens with one attached hydrogen (secondary N) is 1. The molecule has 1 heterocycles. The zero-order chi connectivity index (χ0) is 23.0. The summed E-state index contributed by atoms with van der Waals surface area (Å²) in [6, 6.07) is 18.2. The number of rotatable bonds is 5. The maximum Gasteiger partial charge on any atom is 0.282 e. The van der Waals surface area contributed by atoms with E-state index in [1.54, 1.807) is 30.3 Å². The minimum atomic E-state index is -0.416. The van der Waals surface area contributed by atoms with E-state index >= 15 is 0 Å². The van der Waals surface area contributed by atoms with Crippen LogP contribution < -0.4 is 15.0 Å². The van der Waals surface area contributed by atoms with Crippen molar-refractivity contribution in [2.45, 2.75) is 20.8 Å². The molecule has 3 aromatic rings. The van der Waals surface area contributed by atoms with Crippen LogP contribution in [0.25, 0.3) is 5.57 Å². The van der Waals surface area contributed by atoms with Crippen molar-refractivity contribution in [1.29, 1.82) is 0 Å². The first kappa shape index (κ1) is 21.7. The Labute approximate surface area is 192 Å². The summed E-state index contributed by atoms with van der Waals surface area (Å²) in [7, 11) is 1.54. The Hall–Kier alpha value is -3.57. The molecule has 0 bridgehead atoms. The standard InChI is InChI=1S/C26H23ClN2O3/c1-15-5-9-19(10-6-15)29-25(30)23(20-11-7-16(2)13-17(20)3)24(26(29)31)28-18-8-12-22(32-4)21(27)14-18/h5-14,28H,1-4H3. The lowest BCUT2D eigenvalue weighted by molar-refractivity contribution is -0.120. The normalized spacial score (nSPS) is 13.7. The van der Waals surface area contributed by atoms with Crippen molar-refractivity contribution in [2.24, 2.45) is 0 Å². The molecule has 2 amide bonds. The number of methoxy groups -OCH3 is 1. The molecule has 6 heteroatoms. The number of imide groups is 1. The van der Waals surface area contributed by atoms with Crippen molar-refractivity contribution in [3.63, 3.8) is 0 Å². The molecule has 0 atom stereocenters. The number of hydrogen-bond donors (Lipinski definition) is 1. The van der Waals surface area contributed by atoms with Gasteiger partial charge in [0.1, 0.15) is 11.4 Å². The third-order valence-corrected chi connectivity index (χ3v) is 5.74. The number of aryl methyl sites for hydroxylation is 3. The number of carbonyl (C=O) groups is 2. The van der Waals surface area contributed by atoms with Crippen LogP contribution in [0, 0.1) is 20.8 Å². The van der Waals surface area contributed by atoms with Crippen molar-refractivity contribution in [3.8, 4) is 5.75 Å². The fourth-order valence-electron chi connectivity index (χ4n) is 3.81. The van der Waals surface area contributed by atoms with Gasteiger partial charge in [0.05, 0.1) is 23.4 Å². The van der Waals surface area contributed by atoms with Gasteiger partial charge in [-0.2, -0.15) is 0 Å². The van der Waals surface area contributed by atoms with Gasteiger partial charge in [-0.05, 0) is 62.2 Å². The Balaban J connectivity index is 1.84. The summed E-state index contributed by atoms with van der Waals surface area (Å²) in [5.74, 6) is -0.260. The Morgan fingerprint density at radius 1 is 0.844 bits per heavy atom. The molecule has 0 spiro atoms. The van der Waals surface area contributed by atoms with Crippen molar-refractivity contribution >= 4 is 40.4 Å². The Morgan fingerprint density at radius 3 is 2.16 bits per heavy atom. The first-order chi connectivity index (χ1) is 15.3. The lowest BCUT2D eigenvalue weighted by Crippen LogP contribution is -2.32. The van der Waals surface area contributed by atoms with Crippen LogP contribution in [0.15, 0.2) is 66.4 Å². The summed E-state index contributed by atoms with van der Waals surface area (Å²) in [5, 5.41) is 3.54. The number of ether oxygens (including phenoxy) is 1. The second kappa shape index (κ2) is 8.52. The number of anilines is 2. The smallest absolute Gasteiger partial charge is 0.282 e. The zero-order valence-corrected chi connectivity index (χ0v) is 19.1. The van der Waals surface area contributed by atoms with Crippen LogP contribution in [-0.2, 0) is 9.59 Å². The van der Waals surface area contributed by atoms with E-state index in [4.69, 9.17) is 16.3 Å². The van der Waals surface area contributed by atoms with E-state index in [9.17, 15) is 9.59 Å². The number of carbonyl (C=O) groups excluding carboxylic acids is 2. The SMILES string of the molecule is COc1ccc(NC2=C(c3ccc(C)cc3C)C(=O)N(c3ccc(C)cc3)C2=O)cc1Cl. The highest BCUT2D eigenvalue weighted by atomic mass is 35.5. The van der Waals surface area contributed by atoms with E-state index < -0.39 is 5.91 Å². The van der Waals surface area contributed by atoms with Gasteiger partial charge in [-0.3, -0.25) is 9.59 Å². The summed E-state index contributed by atoms with van der Waals surface area (Å²) in [6.45, 7) is 5.88. The average molecular weight is 447 g/mol. The fourth-order valence-corrected chi connectivity index (χ4v) is 4.06. The van der Waals surface area contributed by atoms with Crippen LogP contribution in [0.1, 0.15) is 22.3 Å². The molecule has 1 N–H and O–H groups in total. The molecular formula is C26H23ClN2O3. The maximum absolute atomic E-state index is 13.6. The summed E-state index contributed by atoms with van der Waals surface area (Å²) in [4.78, 5) is 28.3. The molecule has 0 aliphatic carbocycles. The summed E-state index contributed by atoms with van der Waals surface area (Å²) in [5.41, 5.74) is 5.41. The van der Waals surface area contributed by atoms with Crippen LogP contribution in [0.3, 0.4) is 0 Å². The van der Waals surface area contributed by atoms with Crippen molar-refractivity contribution < 1.29 is 14.3 Å². The molecule has 1 aliphatic rings. The lowest BCUT2D eigenvalue weighted by atomic mass is 9.97. The lowest BCUT2D eigenvalue weighted by Gasteiger charge is -2.16. The van der Waals surface area contributed by atoms with Gasteiger partial charge in [-0.1, -0.05) is 53.1 Å². The van der Waals surface area contributed by atoms with Gasteiger partial charge in [-0.15, -0.1) is 0 Å². The summed E-state index contributed by atoms with van der Waals surface area (Å²) in [6.07, 6.45) is 0. The molecule has 162 valence electrons. The number of halogens is 1. The summed E-state index contributed by atoms with van der Waals surface area (Å²) >= 11 is 6.27. The molecule has 0 unspecified atom stereocenters. The van der Waals surface area contributed by atoms with E-state index in [2.05, 4.69) is 5.32 Å². The average Bonchev–Trinajstić information content (AvgIpc) is 2.99. The molecule has 0 fully saturated rings. The van der Waals surface area contributed by atoms with E-state index in [1.807, 2.05) is 51.1 Å². The van der Waals surface area contributed by atoms with E-state index in [1.165, 1.54) is 12.0 Å². The number of hydrogen-bond acceptors (Lipinski definition) is 4. The maximum atomic E-state index is 13.6. The highest BCUT2D eigenvalue weighted by molar-refractivity contribution is 6.46. The number of benzene rings is 3. The number of amides is 2. The molecular weight excluding hydrogens is 424 g/mol. The quantitative estimate of drug-likeness (QED) is 0.513. The van der Waals surface area contributed by atoms with Gasteiger partial charge >= 0.3 is 0 Å². The van der Waals surface area contributed by atoms with Crippen molar-refractivity contribution in [1.82, 2.24) is 0 Å². The van der Waals surface area contributed by atoms with Gasteiger partial charge in [-0.25, -0.2) is 4.90 Å². The van der Waals surface area contributed by atoms with Gasteiger partial charge in [0.25, 0.3) is 11.8 Å².